The van der Waals surface area contributed by atoms with Crippen LogP contribution < -0.4 is 5.56 Å². The second-order valence-electron chi connectivity index (χ2n) is 5.96. The van der Waals surface area contributed by atoms with Crippen LogP contribution in [0.4, 0.5) is 0 Å². The van der Waals surface area contributed by atoms with E-state index in [-0.39, 0.29) is 28.9 Å². The van der Waals surface area contributed by atoms with E-state index < -0.39 is 23.7 Å². The van der Waals surface area contributed by atoms with Gasteiger partial charge in [0.05, 0.1) is 5.39 Å². The topological polar surface area (TPSA) is 127 Å². The molecule has 2 aromatic rings. The van der Waals surface area contributed by atoms with Crippen LogP contribution in [-0.2, 0) is 4.79 Å². The van der Waals surface area contributed by atoms with Gasteiger partial charge >= 0.3 is 5.97 Å². The third kappa shape index (κ3) is 3.10. The van der Waals surface area contributed by atoms with Crippen LogP contribution in [-0.4, -0.2) is 55.3 Å². The summed E-state index contributed by atoms with van der Waals surface area (Å²) < 4.78 is 0. The van der Waals surface area contributed by atoms with Gasteiger partial charge in [-0.2, -0.15) is 0 Å². The van der Waals surface area contributed by atoms with E-state index in [0.29, 0.717) is 19.5 Å². The number of aliphatic hydroxyl groups is 1. The fourth-order valence-electron chi connectivity index (χ4n) is 3.12. The number of fused-ring (bicyclic) bond motifs is 1. The highest BCUT2D eigenvalue weighted by Crippen LogP contribution is 2.23. The summed E-state index contributed by atoms with van der Waals surface area (Å²) in [6.07, 6.45) is 0.610. The zero-order valence-corrected chi connectivity index (χ0v) is 13.0. The van der Waals surface area contributed by atoms with Crippen molar-refractivity contribution >= 4 is 16.9 Å². The van der Waals surface area contributed by atoms with Crippen molar-refractivity contribution in [2.24, 2.45) is 0 Å². The number of para-hydroxylation sites is 1. The van der Waals surface area contributed by atoms with Crippen molar-refractivity contribution in [2.45, 2.75) is 31.4 Å². The van der Waals surface area contributed by atoms with E-state index in [1.807, 2.05) is 4.90 Å². The smallest absolute Gasteiger partial charge is 0.320 e. The molecule has 1 unspecified atom stereocenters. The zero-order valence-electron chi connectivity index (χ0n) is 13.0. The van der Waals surface area contributed by atoms with Gasteiger partial charge in [-0.1, -0.05) is 6.07 Å². The van der Waals surface area contributed by atoms with Gasteiger partial charge in [0.15, 0.2) is 0 Å². The minimum absolute atomic E-state index is 0.0695. The highest BCUT2D eigenvalue weighted by atomic mass is 16.4. The van der Waals surface area contributed by atoms with Crippen molar-refractivity contribution in [1.29, 1.82) is 0 Å². The first-order valence-electron chi connectivity index (χ1n) is 7.84. The summed E-state index contributed by atoms with van der Waals surface area (Å²) in [5.41, 5.74) is -0.297. The molecule has 1 saturated heterocycles. The van der Waals surface area contributed by atoms with Gasteiger partial charge < -0.3 is 20.3 Å². The molecular formula is C16H19N3O5. The average Bonchev–Trinajstić information content (AvgIpc) is 3.02. The fraction of sp³-hybridized carbons (Fsp3) is 0.438. The molecule has 1 fully saturated rings. The minimum Gasteiger partial charge on any atom is -0.506 e. The predicted molar refractivity (Wildman–Crippen MR) is 85.8 cm³/mol. The number of nitrogens with zero attached hydrogens (tertiary/aromatic N) is 2. The molecule has 128 valence electrons. The first kappa shape index (κ1) is 16.4. The summed E-state index contributed by atoms with van der Waals surface area (Å²) in [7, 11) is 0. The molecular weight excluding hydrogens is 314 g/mol. The Morgan fingerprint density at radius 3 is 3.00 bits per heavy atom. The number of carbonyl (C=O) groups is 1. The van der Waals surface area contributed by atoms with Gasteiger partial charge in [0, 0.05) is 6.54 Å². The van der Waals surface area contributed by atoms with Gasteiger partial charge in [-0.3, -0.25) is 14.5 Å². The van der Waals surface area contributed by atoms with Crippen molar-refractivity contribution in [3.8, 4) is 5.75 Å². The number of nitrogens with one attached hydrogen (secondary N) is 1. The quantitative estimate of drug-likeness (QED) is 0.631. The lowest BCUT2D eigenvalue weighted by Crippen LogP contribution is -2.37. The van der Waals surface area contributed by atoms with Crippen LogP contribution in [0.3, 0.4) is 0 Å². The second-order valence-corrected chi connectivity index (χ2v) is 5.96. The number of carboxylic acid groups (broad SMARTS) is 1. The monoisotopic (exact) mass is 333 g/mol. The number of aromatic amines is 1. The van der Waals surface area contributed by atoms with E-state index in [4.69, 9.17) is 5.11 Å². The molecule has 0 saturated carbocycles. The van der Waals surface area contributed by atoms with Crippen LogP contribution in [0, 0.1) is 0 Å². The van der Waals surface area contributed by atoms with Gasteiger partial charge in [0.2, 0.25) is 0 Å². The number of phenols is 1. The van der Waals surface area contributed by atoms with Crippen molar-refractivity contribution in [2.75, 3.05) is 13.1 Å². The van der Waals surface area contributed by atoms with Crippen LogP contribution in [0.25, 0.3) is 10.9 Å². The third-order valence-corrected chi connectivity index (χ3v) is 4.39. The van der Waals surface area contributed by atoms with Crippen molar-refractivity contribution in [3.05, 3.63) is 34.4 Å². The molecule has 1 aliphatic rings. The molecule has 2 heterocycles. The van der Waals surface area contributed by atoms with E-state index in [9.17, 15) is 19.8 Å². The number of aromatic hydroxyl groups is 1. The Labute approximate surface area is 137 Å². The van der Waals surface area contributed by atoms with Crippen LogP contribution in [0.5, 0.6) is 5.75 Å². The zero-order chi connectivity index (χ0) is 17.3. The molecule has 0 bridgehead atoms. The molecule has 0 spiro atoms. The molecule has 2 atom stereocenters. The highest BCUT2D eigenvalue weighted by Gasteiger charge is 2.30. The number of H-pyrrole nitrogens is 1. The maximum Gasteiger partial charge on any atom is 0.320 e. The average molecular weight is 333 g/mol. The molecule has 8 heteroatoms. The number of aromatic nitrogens is 2. The van der Waals surface area contributed by atoms with Gasteiger partial charge in [0.25, 0.3) is 5.56 Å². The lowest BCUT2D eigenvalue weighted by molar-refractivity contribution is -0.142. The Hall–Kier alpha value is -2.45. The van der Waals surface area contributed by atoms with E-state index in [1.54, 1.807) is 12.1 Å². The summed E-state index contributed by atoms with van der Waals surface area (Å²) in [6, 6.07) is 3.99. The molecule has 1 aromatic heterocycles. The van der Waals surface area contributed by atoms with Crippen LogP contribution in [0.1, 0.15) is 31.2 Å². The maximum absolute atomic E-state index is 12.1. The van der Waals surface area contributed by atoms with Crippen molar-refractivity contribution < 1.29 is 20.1 Å². The molecule has 1 aromatic carbocycles. The number of carboxylic acids is 1. The normalized spacial score (nSPS) is 19.6. The Morgan fingerprint density at radius 1 is 1.46 bits per heavy atom. The van der Waals surface area contributed by atoms with Crippen LogP contribution >= 0.6 is 0 Å². The summed E-state index contributed by atoms with van der Waals surface area (Å²) in [6.45, 7) is 1.06. The summed E-state index contributed by atoms with van der Waals surface area (Å²) in [5, 5.41) is 29.5. The number of hydrogen-bond acceptors (Lipinski definition) is 6. The van der Waals surface area contributed by atoms with Crippen molar-refractivity contribution in [1.82, 2.24) is 14.9 Å². The molecule has 0 aliphatic carbocycles. The van der Waals surface area contributed by atoms with E-state index in [0.717, 1.165) is 6.42 Å². The number of benzene rings is 1. The van der Waals surface area contributed by atoms with Gasteiger partial charge in [-0.05, 0) is 37.9 Å². The second kappa shape index (κ2) is 6.58. The van der Waals surface area contributed by atoms with Crippen molar-refractivity contribution in [3.63, 3.8) is 0 Å². The summed E-state index contributed by atoms with van der Waals surface area (Å²) >= 11 is 0. The summed E-state index contributed by atoms with van der Waals surface area (Å²) in [4.78, 5) is 31.7. The Balaban J connectivity index is 1.77. The maximum atomic E-state index is 12.1. The van der Waals surface area contributed by atoms with Crippen LogP contribution in [0.15, 0.2) is 23.0 Å². The molecule has 4 N–H and O–H groups in total. The fourth-order valence-corrected chi connectivity index (χ4v) is 3.12. The Bertz CT molecular complexity index is 819. The third-order valence-electron chi connectivity index (χ3n) is 4.39. The largest absolute Gasteiger partial charge is 0.506 e. The SMILES string of the molecule is O=C(O)[C@@H]1CCCN1CCC(O)c1nc2c(O)cccc2c(=O)[nH]1. The molecule has 24 heavy (non-hydrogen) atoms. The highest BCUT2D eigenvalue weighted by molar-refractivity contribution is 5.83. The van der Waals surface area contributed by atoms with E-state index in [1.165, 1.54) is 6.07 Å². The van der Waals surface area contributed by atoms with Gasteiger partial charge in [0.1, 0.15) is 29.2 Å². The molecule has 0 amide bonds. The van der Waals surface area contributed by atoms with Gasteiger partial charge in [-0.25, -0.2) is 4.98 Å². The lowest BCUT2D eigenvalue weighted by atomic mass is 10.1. The summed E-state index contributed by atoms with van der Waals surface area (Å²) in [5.74, 6) is -0.915. The first-order chi connectivity index (χ1) is 11.5. The molecule has 1 aliphatic heterocycles. The number of aliphatic carboxylic acids is 1. The predicted octanol–water partition coefficient (Wildman–Crippen LogP) is 0.601. The van der Waals surface area contributed by atoms with Crippen LogP contribution in [0.2, 0.25) is 0 Å². The number of aliphatic hydroxyl groups excluding tert-OH is 1. The molecule has 0 radical (unpaired) electrons. The number of likely N-dealkylation sites (tertiary alicyclic amines) is 1. The number of hydrogen-bond donors (Lipinski definition) is 4. The van der Waals surface area contributed by atoms with E-state index in [2.05, 4.69) is 9.97 Å². The first-order valence-corrected chi connectivity index (χ1v) is 7.84. The standard InChI is InChI=1S/C16H19N3O5/c20-11-5-1-3-9-13(11)17-14(18-15(9)22)12(21)6-8-19-7-2-4-10(19)16(23)24/h1,3,5,10,12,20-21H,2,4,6-8H2,(H,23,24)(H,17,18,22)/t10-,12?/m0/s1. The molecule has 8 nitrogen and oxygen atoms in total. The number of phenolic OH excluding ortho intramolecular Hbond substituents is 1. The lowest BCUT2D eigenvalue weighted by Gasteiger charge is -2.22. The van der Waals surface area contributed by atoms with E-state index >= 15 is 0 Å². The Morgan fingerprint density at radius 2 is 2.25 bits per heavy atom. The Kier molecular flexibility index (Phi) is 4.50. The van der Waals surface area contributed by atoms with Gasteiger partial charge in [-0.15, -0.1) is 0 Å². The minimum atomic E-state index is -1.04. The molecule has 3 rings (SSSR count). The number of rotatable bonds is 5.